The van der Waals surface area contributed by atoms with E-state index >= 15 is 0 Å². The summed E-state index contributed by atoms with van der Waals surface area (Å²) in [7, 11) is -2.44. The maximum Gasteiger partial charge on any atom is 0.309 e. The number of nitrogens with one attached hydrogen (secondary N) is 1. The summed E-state index contributed by atoms with van der Waals surface area (Å²) in [5, 5.41) is 1.68. The average molecular weight is 277 g/mol. The van der Waals surface area contributed by atoms with Crippen LogP contribution in [-0.2, 0) is 24.2 Å². The molecule has 0 aromatic rings. The van der Waals surface area contributed by atoms with Gasteiger partial charge in [-0.15, -0.1) is 0 Å². The molecule has 0 bridgehead atoms. The first-order chi connectivity index (χ1) is 8.27. The summed E-state index contributed by atoms with van der Waals surface area (Å²) in [6.45, 7) is 2.90. The molecule has 1 fully saturated rings. The molecule has 0 aliphatic heterocycles. The third kappa shape index (κ3) is 3.97. The largest absolute Gasteiger partial charge is 0.469 e. The highest BCUT2D eigenvalue weighted by Gasteiger charge is 2.34. The summed E-state index contributed by atoms with van der Waals surface area (Å²) in [6.07, 6.45) is 1.81. The lowest BCUT2D eigenvalue weighted by molar-refractivity contribution is -0.144. The van der Waals surface area contributed by atoms with Crippen molar-refractivity contribution >= 4 is 21.7 Å². The van der Waals surface area contributed by atoms with Crippen molar-refractivity contribution in [2.24, 2.45) is 5.92 Å². The van der Waals surface area contributed by atoms with Crippen LogP contribution in [0, 0.1) is 5.92 Å². The Bertz CT molecular complexity index is 427. The molecule has 1 rings (SSSR count). The van der Waals surface area contributed by atoms with Crippen LogP contribution in [0.25, 0.3) is 0 Å². The van der Waals surface area contributed by atoms with Gasteiger partial charge in [0.1, 0.15) is 5.75 Å². The minimum Gasteiger partial charge on any atom is -0.469 e. The number of hydrogen-bond donors (Lipinski definition) is 1. The maximum absolute atomic E-state index is 11.9. The zero-order chi connectivity index (χ0) is 13.9. The van der Waals surface area contributed by atoms with Gasteiger partial charge in [-0.25, -0.2) is 8.42 Å². The molecule has 0 spiro atoms. The predicted molar refractivity (Wildman–Crippen MR) is 65.6 cm³/mol. The second kappa shape index (κ2) is 5.69. The molecular weight excluding hydrogens is 258 g/mol. The first-order valence-electron chi connectivity index (χ1n) is 5.86. The van der Waals surface area contributed by atoms with Crippen LogP contribution in [0.2, 0.25) is 0 Å². The lowest BCUT2D eigenvalue weighted by Crippen LogP contribution is -2.39. The summed E-state index contributed by atoms with van der Waals surface area (Å²) < 4.78 is 28.4. The van der Waals surface area contributed by atoms with E-state index in [-0.39, 0.29) is 6.04 Å². The molecule has 7 heteroatoms. The molecule has 1 saturated carbocycles. The Morgan fingerprint density at radius 3 is 2.33 bits per heavy atom. The number of methoxy groups -OCH3 is 1. The van der Waals surface area contributed by atoms with Crippen molar-refractivity contribution in [2.75, 3.05) is 12.9 Å². The molecule has 6 nitrogen and oxygen atoms in total. The molecular formula is C11H19NO5S. The number of hydrogen-bond acceptors (Lipinski definition) is 5. The van der Waals surface area contributed by atoms with Gasteiger partial charge in [0.15, 0.2) is 9.84 Å². The van der Waals surface area contributed by atoms with Crippen molar-refractivity contribution in [3.63, 3.8) is 0 Å². The first-order valence-corrected chi connectivity index (χ1v) is 7.58. The summed E-state index contributed by atoms with van der Waals surface area (Å²) >= 11 is 0. The summed E-state index contributed by atoms with van der Waals surface area (Å²) in [5.41, 5.74) is 0. The van der Waals surface area contributed by atoms with Crippen LogP contribution in [0.1, 0.15) is 26.7 Å². The van der Waals surface area contributed by atoms with Gasteiger partial charge in [0.25, 0.3) is 0 Å². The van der Waals surface area contributed by atoms with Crippen LogP contribution < -0.4 is 5.32 Å². The van der Waals surface area contributed by atoms with Crippen LogP contribution in [0.5, 0.6) is 0 Å². The number of carbonyl (C=O) groups excluding carboxylic acids is 2. The Balaban J connectivity index is 2.60. The van der Waals surface area contributed by atoms with Crippen LogP contribution in [-0.4, -0.2) is 44.4 Å². The second-order valence-electron chi connectivity index (χ2n) is 4.67. The van der Waals surface area contributed by atoms with E-state index in [4.69, 9.17) is 0 Å². The Morgan fingerprint density at radius 2 is 1.89 bits per heavy atom. The third-order valence-electron chi connectivity index (χ3n) is 3.12. The zero-order valence-electron chi connectivity index (χ0n) is 10.8. The molecule has 0 radical (unpaired) electrons. The van der Waals surface area contributed by atoms with Crippen LogP contribution >= 0.6 is 0 Å². The fraction of sp³-hybridized carbons (Fsp3) is 0.818. The second-order valence-corrected chi connectivity index (χ2v) is 7.02. The molecule has 1 aliphatic carbocycles. The molecule has 1 aliphatic rings. The molecule has 1 amide bonds. The third-order valence-corrected chi connectivity index (χ3v) is 5.32. The van der Waals surface area contributed by atoms with Gasteiger partial charge in [0.05, 0.1) is 18.3 Å². The fourth-order valence-corrected chi connectivity index (χ4v) is 2.94. The quantitative estimate of drug-likeness (QED) is 0.683. The maximum atomic E-state index is 11.9. The van der Waals surface area contributed by atoms with Crippen molar-refractivity contribution < 1.29 is 22.7 Å². The van der Waals surface area contributed by atoms with Crippen molar-refractivity contribution in [3.05, 3.63) is 0 Å². The van der Waals surface area contributed by atoms with Gasteiger partial charge in [-0.1, -0.05) is 6.92 Å². The van der Waals surface area contributed by atoms with Gasteiger partial charge in [0, 0.05) is 6.04 Å². The SMILES string of the molecule is COC(=O)C(C)C(C)S(=O)(=O)CC(=O)NC1CC1. The molecule has 18 heavy (non-hydrogen) atoms. The van der Waals surface area contributed by atoms with Gasteiger partial charge in [-0.3, -0.25) is 9.59 Å². The van der Waals surface area contributed by atoms with Gasteiger partial charge >= 0.3 is 5.97 Å². The smallest absolute Gasteiger partial charge is 0.309 e. The first kappa shape index (κ1) is 14.9. The minimum absolute atomic E-state index is 0.126. The average Bonchev–Trinajstić information content (AvgIpc) is 3.08. The molecule has 2 unspecified atom stereocenters. The van der Waals surface area contributed by atoms with Gasteiger partial charge in [0.2, 0.25) is 5.91 Å². The highest BCUT2D eigenvalue weighted by Crippen LogP contribution is 2.19. The van der Waals surface area contributed by atoms with Crippen molar-refractivity contribution in [3.8, 4) is 0 Å². The number of carbonyl (C=O) groups is 2. The van der Waals surface area contributed by atoms with Gasteiger partial charge in [-0.2, -0.15) is 0 Å². The van der Waals surface area contributed by atoms with E-state index in [1.165, 1.54) is 21.0 Å². The molecule has 104 valence electrons. The summed E-state index contributed by atoms with van der Waals surface area (Å²) in [6, 6.07) is 0.126. The monoisotopic (exact) mass is 277 g/mol. The number of rotatable bonds is 6. The van der Waals surface area contributed by atoms with Crippen LogP contribution in [0.4, 0.5) is 0 Å². The van der Waals surface area contributed by atoms with Crippen LogP contribution in [0.15, 0.2) is 0 Å². The van der Waals surface area contributed by atoms with Crippen molar-refractivity contribution in [2.45, 2.75) is 38.0 Å². The Morgan fingerprint density at radius 1 is 1.33 bits per heavy atom. The lowest BCUT2D eigenvalue weighted by Gasteiger charge is -2.17. The molecule has 1 N–H and O–H groups in total. The highest BCUT2D eigenvalue weighted by atomic mass is 32.2. The molecule has 2 atom stereocenters. The normalized spacial score (nSPS) is 18.8. The lowest BCUT2D eigenvalue weighted by atomic mass is 10.1. The Kier molecular flexibility index (Phi) is 4.72. The van der Waals surface area contributed by atoms with Gasteiger partial charge < -0.3 is 10.1 Å². The number of amides is 1. The van der Waals surface area contributed by atoms with Crippen molar-refractivity contribution in [1.29, 1.82) is 0 Å². The van der Waals surface area contributed by atoms with E-state index in [0.29, 0.717) is 0 Å². The zero-order valence-corrected chi connectivity index (χ0v) is 11.6. The number of sulfone groups is 1. The topological polar surface area (TPSA) is 89.5 Å². The van der Waals surface area contributed by atoms with E-state index in [1.54, 1.807) is 0 Å². The standard InChI is InChI=1S/C11H19NO5S/c1-7(11(14)17-3)8(2)18(15,16)6-10(13)12-9-4-5-9/h7-9H,4-6H2,1-3H3,(H,12,13). The molecule has 0 aromatic heterocycles. The minimum atomic E-state index is -3.64. The number of esters is 1. The van der Waals surface area contributed by atoms with Crippen molar-refractivity contribution in [1.82, 2.24) is 5.32 Å². The summed E-state index contributed by atoms with van der Waals surface area (Å²) in [5.74, 6) is -2.45. The highest BCUT2D eigenvalue weighted by molar-refractivity contribution is 7.92. The molecule has 0 aromatic carbocycles. The summed E-state index contributed by atoms with van der Waals surface area (Å²) in [4.78, 5) is 22.8. The number of ether oxygens (including phenoxy) is 1. The Labute approximate surface area is 107 Å². The fourth-order valence-electron chi connectivity index (χ4n) is 1.50. The van der Waals surface area contributed by atoms with E-state index < -0.39 is 38.6 Å². The Hall–Kier alpha value is -1.11. The van der Waals surface area contributed by atoms with E-state index in [0.717, 1.165) is 12.8 Å². The van der Waals surface area contributed by atoms with E-state index in [1.807, 2.05) is 0 Å². The van der Waals surface area contributed by atoms with Crippen LogP contribution in [0.3, 0.4) is 0 Å². The van der Waals surface area contributed by atoms with E-state index in [2.05, 4.69) is 10.1 Å². The van der Waals surface area contributed by atoms with E-state index in [9.17, 15) is 18.0 Å². The molecule has 0 heterocycles. The predicted octanol–water partition coefficient (Wildman–Crippen LogP) is -0.123. The molecule has 0 saturated heterocycles. The van der Waals surface area contributed by atoms with Gasteiger partial charge in [-0.05, 0) is 19.8 Å².